The molecular formula is C16H19NO3S. The Bertz CT molecular complexity index is 725. The van der Waals surface area contributed by atoms with Gasteiger partial charge in [-0.1, -0.05) is 30.3 Å². The summed E-state index contributed by atoms with van der Waals surface area (Å²) < 4.78 is 32.4. The fourth-order valence-electron chi connectivity index (χ4n) is 2.04. The van der Waals surface area contributed by atoms with E-state index in [9.17, 15) is 8.42 Å². The van der Waals surface area contributed by atoms with Gasteiger partial charge in [0, 0.05) is 0 Å². The summed E-state index contributed by atoms with van der Waals surface area (Å²) in [4.78, 5) is 0. The highest BCUT2D eigenvalue weighted by molar-refractivity contribution is 7.91. The zero-order valence-electron chi connectivity index (χ0n) is 12.4. The molecule has 4 nitrogen and oxygen atoms in total. The van der Waals surface area contributed by atoms with E-state index in [0.29, 0.717) is 11.4 Å². The van der Waals surface area contributed by atoms with E-state index in [4.69, 9.17) is 4.74 Å². The van der Waals surface area contributed by atoms with Gasteiger partial charge in [0.2, 0.25) is 10.0 Å². The molecule has 0 aliphatic rings. The van der Waals surface area contributed by atoms with Crippen LogP contribution in [0.25, 0.3) is 0 Å². The van der Waals surface area contributed by atoms with Crippen molar-refractivity contribution in [2.45, 2.75) is 19.6 Å². The molecule has 2 aromatic carbocycles. The van der Waals surface area contributed by atoms with Crippen LogP contribution in [0.4, 0.5) is 5.69 Å². The molecule has 2 aromatic rings. The maximum atomic E-state index is 12.3. The van der Waals surface area contributed by atoms with Crippen molar-refractivity contribution in [2.75, 3.05) is 11.8 Å². The molecule has 0 aliphatic heterocycles. The summed E-state index contributed by atoms with van der Waals surface area (Å²) >= 11 is 0. The van der Waals surface area contributed by atoms with Crippen molar-refractivity contribution >= 4 is 15.7 Å². The fourth-order valence-corrected chi connectivity index (χ4v) is 3.23. The fraction of sp³-hybridized carbons (Fsp3) is 0.250. The molecule has 112 valence electrons. The average molecular weight is 305 g/mol. The smallest absolute Gasteiger partial charge is 0.237 e. The van der Waals surface area contributed by atoms with Crippen LogP contribution in [0, 0.1) is 13.8 Å². The van der Waals surface area contributed by atoms with Crippen LogP contribution in [-0.2, 0) is 15.8 Å². The molecule has 0 saturated carbocycles. The van der Waals surface area contributed by atoms with Gasteiger partial charge in [-0.05, 0) is 42.7 Å². The Hall–Kier alpha value is -2.01. The van der Waals surface area contributed by atoms with Crippen LogP contribution in [-0.4, -0.2) is 15.5 Å². The standard InChI is InChI=1S/C16H19NO3S/c1-12-9-15(16(20-3)10-13(12)2)17-21(18,19)11-14-7-5-4-6-8-14/h4-10,17H,11H2,1-3H3. The highest BCUT2D eigenvalue weighted by atomic mass is 32.2. The van der Waals surface area contributed by atoms with Gasteiger partial charge in [-0.3, -0.25) is 4.72 Å². The lowest BCUT2D eigenvalue weighted by molar-refractivity contribution is 0.416. The number of rotatable bonds is 5. The minimum absolute atomic E-state index is 0.0656. The molecule has 0 saturated heterocycles. The summed E-state index contributed by atoms with van der Waals surface area (Å²) in [7, 11) is -1.95. The number of hydrogen-bond acceptors (Lipinski definition) is 3. The summed E-state index contributed by atoms with van der Waals surface area (Å²) in [6.07, 6.45) is 0. The molecule has 0 radical (unpaired) electrons. The third-order valence-corrected chi connectivity index (χ3v) is 4.53. The second kappa shape index (κ2) is 6.18. The van der Waals surface area contributed by atoms with Crippen molar-refractivity contribution in [1.29, 1.82) is 0 Å². The first-order chi connectivity index (χ1) is 9.91. The van der Waals surface area contributed by atoms with Gasteiger partial charge in [0.1, 0.15) is 5.75 Å². The van der Waals surface area contributed by atoms with Gasteiger partial charge in [0.25, 0.3) is 0 Å². The molecular weight excluding hydrogens is 286 g/mol. The molecule has 0 atom stereocenters. The third-order valence-electron chi connectivity index (χ3n) is 3.28. The maximum absolute atomic E-state index is 12.3. The van der Waals surface area contributed by atoms with E-state index in [0.717, 1.165) is 16.7 Å². The minimum atomic E-state index is -3.48. The molecule has 5 heteroatoms. The second-order valence-electron chi connectivity index (χ2n) is 4.98. The minimum Gasteiger partial charge on any atom is -0.495 e. The number of nitrogens with one attached hydrogen (secondary N) is 1. The summed E-state index contributed by atoms with van der Waals surface area (Å²) in [6.45, 7) is 3.89. The largest absolute Gasteiger partial charge is 0.495 e. The van der Waals surface area contributed by atoms with Crippen LogP contribution >= 0.6 is 0 Å². The van der Waals surface area contributed by atoms with E-state index in [1.165, 1.54) is 7.11 Å². The Morgan fingerprint density at radius 1 is 1.05 bits per heavy atom. The first-order valence-corrected chi connectivity index (χ1v) is 8.26. The predicted octanol–water partition coefficient (Wildman–Crippen LogP) is 3.25. The van der Waals surface area contributed by atoms with Crippen LogP contribution in [0.5, 0.6) is 5.75 Å². The van der Waals surface area contributed by atoms with Gasteiger partial charge in [-0.2, -0.15) is 0 Å². The van der Waals surface area contributed by atoms with E-state index in [2.05, 4.69) is 4.72 Å². The zero-order chi connectivity index (χ0) is 15.5. The number of benzene rings is 2. The first kappa shape index (κ1) is 15.4. The normalized spacial score (nSPS) is 11.2. The Morgan fingerprint density at radius 3 is 2.29 bits per heavy atom. The van der Waals surface area contributed by atoms with Gasteiger partial charge in [0.15, 0.2) is 0 Å². The zero-order valence-corrected chi connectivity index (χ0v) is 13.2. The SMILES string of the molecule is COc1cc(C)c(C)cc1NS(=O)(=O)Cc1ccccc1. The quantitative estimate of drug-likeness (QED) is 0.922. The molecule has 0 fully saturated rings. The molecule has 0 bridgehead atoms. The first-order valence-electron chi connectivity index (χ1n) is 6.61. The van der Waals surface area contributed by atoms with Gasteiger partial charge < -0.3 is 4.74 Å². The lowest BCUT2D eigenvalue weighted by atomic mass is 10.1. The van der Waals surface area contributed by atoms with Gasteiger partial charge in [0.05, 0.1) is 18.6 Å². The molecule has 0 unspecified atom stereocenters. The van der Waals surface area contributed by atoms with Crippen molar-refractivity contribution in [1.82, 2.24) is 0 Å². The summed E-state index contributed by atoms with van der Waals surface area (Å²) in [5.74, 6) is 0.457. The van der Waals surface area contributed by atoms with E-state index in [-0.39, 0.29) is 5.75 Å². The molecule has 0 heterocycles. The number of sulfonamides is 1. The van der Waals surface area contributed by atoms with Crippen LogP contribution < -0.4 is 9.46 Å². The summed E-state index contributed by atoms with van der Waals surface area (Å²) in [5, 5.41) is 0. The number of ether oxygens (including phenoxy) is 1. The van der Waals surface area contributed by atoms with Crippen molar-refractivity contribution in [3.63, 3.8) is 0 Å². The summed E-state index contributed by atoms with van der Waals surface area (Å²) in [5.41, 5.74) is 3.27. The molecule has 21 heavy (non-hydrogen) atoms. The molecule has 0 aliphatic carbocycles. The topological polar surface area (TPSA) is 55.4 Å². The van der Waals surface area contributed by atoms with E-state index >= 15 is 0 Å². The van der Waals surface area contributed by atoms with Crippen LogP contribution in [0.3, 0.4) is 0 Å². The van der Waals surface area contributed by atoms with Gasteiger partial charge in [-0.15, -0.1) is 0 Å². The van der Waals surface area contributed by atoms with Crippen LogP contribution in [0.1, 0.15) is 16.7 Å². The molecule has 2 rings (SSSR count). The monoisotopic (exact) mass is 305 g/mol. The van der Waals surface area contributed by atoms with Gasteiger partial charge >= 0.3 is 0 Å². The average Bonchev–Trinajstić information content (AvgIpc) is 2.42. The maximum Gasteiger partial charge on any atom is 0.237 e. The number of anilines is 1. The summed E-state index contributed by atoms with van der Waals surface area (Å²) in [6, 6.07) is 12.7. The Morgan fingerprint density at radius 2 is 1.67 bits per heavy atom. The van der Waals surface area contributed by atoms with E-state index in [1.54, 1.807) is 18.2 Å². The van der Waals surface area contributed by atoms with Crippen LogP contribution in [0.15, 0.2) is 42.5 Å². The van der Waals surface area contributed by atoms with Crippen molar-refractivity contribution in [2.24, 2.45) is 0 Å². The number of hydrogen-bond donors (Lipinski definition) is 1. The van der Waals surface area contributed by atoms with Crippen LogP contribution in [0.2, 0.25) is 0 Å². The molecule has 0 amide bonds. The second-order valence-corrected chi connectivity index (χ2v) is 6.71. The number of methoxy groups -OCH3 is 1. The van der Waals surface area contributed by atoms with E-state index in [1.807, 2.05) is 38.1 Å². The van der Waals surface area contributed by atoms with E-state index < -0.39 is 10.0 Å². The highest BCUT2D eigenvalue weighted by Gasteiger charge is 2.15. The lowest BCUT2D eigenvalue weighted by Crippen LogP contribution is -2.16. The molecule has 0 spiro atoms. The number of aryl methyl sites for hydroxylation is 2. The highest BCUT2D eigenvalue weighted by Crippen LogP contribution is 2.29. The molecule has 1 N–H and O–H groups in total. The van der Waals surface area contributed by atoms with Crippen molar-refractivity contribution < 1.29 is 13.2 Å². The molecule has 0 aromatic heterocycles. The lowest BCUT2D eigenvalue weighted by Gasteiger charge is -2.14. The Kier molecular flexibility index (Phi) is 4.53. The Balaban J connectivity index is 2.26. The third kappa shape index (κ3) is 3.98. The predicted molar refractivity (Wildman–Crippen MR) is 85.2 cm³/mol. The van der Waals surface area contributed by atoms with Crippen molar-refractivity contribution in [3.05, 3.63) is 59.2 Å². The van der Waals surface area contributed by atoms with Crippen molar-refractivity contribution in [3.8, 4) is 5.75 Å². The van der Waals surface area contributed by atoms with Gasteiger partial charge in [-0.25, -0.2) is 8.42 Å². The Labute approximate surface area is 125 Å².